The number of ether oxygens (including phenoxy) is 1. The molecule has 31 heavy (non-hydrogen) atoms. The van der Waals surface area contributed by atoms with Crippen LogP contribution in [0.1, 0.15) is 12.5 Å². The Bertz CT molecular complexity index is 1130. The number of rotatable bonds is 7. The highest BCUT2D eigenvalue weighted by atomic mass is 32.2. The van der Waals surface area contributed by atoms with Crippen molar-refractivity contribution in [3.8, 4) is 5.75 Å². The van der Waals surface area contributed by atoms with Gasteiger partial charge in [-0.05, 0) is 62.4 Å². The van der Waals surface area contributed by atoms with Gasteiger partial charge in [0.05, 0.1) is 10.6 Å². The third kappa shape index (κ3) is 5.06. The number of benzene rings is 3. The Kier molecular flexibility index (Phi) is 6.65. The summed E-state index contributed by atoms with van der Waals surface area (Å²) in [6, 6.07) is 22.7. The lowest BCUT2D eigenvalue weighted by atomic mass is 10.2. The first-order chi connectivity index (χ1) is 14.7. The fourth-order valence-electron chi connectivity index (χ4n) is 3.05. The fourth-order valence-corrected chi connectivity index (χ4v) is 4.24. The van der Waals surface area contributed by atoms with Gasteiger partial charge < -0.3 is 9.64 Å². The Morgan fingerprint density at radius 1 is 0.839 bits per heavy atom. The van der Waals surface area contributed by atoms with Crippen LogP contribution in [0.4, 0.5) is 11.4 Å². The van der Waals surface area contributed by atoms with Crippen molar-refractivity contribution in [3.63, 3.8) is 0 Å². The third-order valence-corrected chi connectivity index (χ3v) is 6.81. The van der Waals surface area contributed by atoms with Gasteiger partial charge in [0.25, 0.3) is 15.9 Å². The predicted octanol–water partition coefficient (Wildman–Crippen LogP) is 4.25. The van der Waals surface area contributed by atoms with Gasteiger partial charge in [-0.3, -0.25) is 9.10 Å². The van der Waals surface area contributed by atoms with Crippen LogP contribution in [0.25, 0.3) is 0 Å². The Morgan fingerprint density at radius 2 is 1.42 bits per heavy atom. The van der Waals surface area contributed by atoms with E-state index in [9.17, 15) is 13.2 Å². The summed E-state index contributed by atoms with van der Waals surface area (Å²) in [6.07, 6.45) is -0.704. The number of sulfonamides is 1. The molecular formula is C24H26N2O4S. The van der Waals surface area contributed by atoms with Gasteiger partial charge in [0.15, 0.2) is 6.10 Å². The minimum absolute atomic E-state index is 0.186. The van der Waals surface area contributed by atoms with Gasteiger partial charge in [0, 0.05) is 19.8 Å². The van der Waals surface area contributed by atoms with Gasteiger partial charge in [-0.2, -0.15) is 0 Å². The Hall–Kier alpha value is -3.32. The normalized spacial score (nSPS) is 12.1. The highest BCUT2D eigenvalue weighted by molar-refractivity contribution is 7.92. The van der Waals surface area contributed by atoms with Crippen LogP contribution in [0.5, 0.6) is 5.75 Å². The monoisotopic (exact) mass is 438 g/mol. The second-order valence-electron chi connectivity index (χ2n) is 7.27. The van der Waals surface area contributed by atoms with Crippen LogP contribution >= 0.6 is 0 Å². The number of amides is 1. The van der Waals surface area contributed by atoms with E-state index in [1.54, 1.807) is 67.4 Å². The minimum atomic E-state index is -3.67. The molecule has 0 N–H and O–H groups in total. The molecule has 0 saturated carbocycles. The van der Waals surface area contributed by atoms with Crippen LogP contribution in [0, 0.1) is 6.92 Å². The zero-order valence-corrected chi connectivity index (χ0v) is 18.8. The number of nitrogens with zero attached hydrogens (tertiary/aromatic N) is 2. The van der Waals surface area contributed by atoms with Crippen molar-refractivity contribution in [1.29, 1.82) is 0 Å². The van der Waals surface area contributed by atoms with Gasteiger partial charge in [-0.25, -0.2) is 8.42 Å². The lowest BCUT2D eigenvalue weighted by Crippen LogP contribution is -2.38. The standard InChI is InChI=1S/C24H26N2O4S/c1-18-10-16-23(17-11-18)31(28,29)26(4)21-12-14-22(15-13-21)30-19(2)24(27)25(3)20-8-6-5-7-9-20/h5-17,19H,1-4H3/t19-/m1/s1. The molecule has 0 saturated heterocycles. The zero-order valence-electron chi connectivity index (χ0n) is 18.0. The Balaban J connectivity index is 1.69. The van der Waals surface area contributed by atoms with Crippen LogP contribution in [0.15, 0.2) is 83.8 Å². The quantitative estimate of drug-likeness (QED) is 0.553. The van der Waals surface area contributed by atoms with Crippen LogP contribution in [-0.4, -0.2) is 34.5 Å². The van der Waals surface area contributed by atoms with Gasteiger partial charge in [-0.1, -0.05) is 35.9 Å². The van der Waals surface area contributed by atoms with Gasteiger partial charge in [0.1, 0.15) is 5.75 Å². The van der Waals surface area contributed by atoms with Crippen LogP contribution in [0.2, 0.25) is 0 Å². The second kappa shape index (κ2) is 9.22. The van der Waals surface area contributed by atoms with Crippen molar-refractivity contribution in [2.45, 2.75) is 24.8 Å². The van der Waals surface area contributed by atoms with E-state index in [1.807, 2.05) is 37.3 Å². The highest BCUT2D eigenvalue weighted by Crippen LogP contribution is 2.25. The van der Waals surface area contributed by atoms with Crippen molar-refractivity contribution < 1.29 is 17.9 Å². The van der Waals surface area contributed by atoms with E-state index < -0.39 is 16.1 Å². The number of anilines is 2. The molecule has 0 unspecified atom stereocenters. The first kappa shape index (κ1) is 22.4. The summed E-state index contributed by atoms with van der Waals surface area (Å²) >= 11 is 0. The van der Waals surface area contributed by atoms with Crippen molar-refractivity contribution in [2.75, 3.05) is 23.3 Å². The van der Waals surface area contributed by atoms with Gasteiger partial charge in [-0.15, -0.1) is 0 Å². The molecule has 3 rings (SSSR count). The third-order valence-electron chi connectivity index (χ3n) is 5.01. The maximum absolute atomic E-state index is 12.9. The van der Waals surface area contributed by atoms with Gasteiger partial charge in [0.2, 0.25) is 0 Å². The van der Waals surface area contributed by atoms with E-state index in [1.165, 1.54) is 11.4 Å². The summed E-state index contributed by atoms with van der Waals surface area (Å²) in [5.74, 6) is 0.293. The molecule has 6 nitrogen and oxygen atoms in total. The molecule has 0 aliphatic rings. The van der Waals surface area contributed by atoms with E-state index in [-0.39, 0.29) is 10.8 Å². The van der Waals surface area contributed by atoms with Crippen LogP contribution in [-0.2, 0) is 14.8 Å². The smallest absolute Gasteiger partial charge is 0.267 e. The molecule has 1 atom stereocenters. The number of carbonyl (C=O) groups excluding carboxylic acids is 1. The van der Waals surface area contributed by atoms with Crippen molar-refractivity contribution in [3.05, 3.63) is 84.4 Å². The molecule has 0 spiro atoms. The first-order valence-electron chi connectivity index (χ1n) is 9.85. The maximum Gasteiger partial charge on any atom is 0.267 e. The molecule has 1 amide bonds. The predicted molar refractivity (Wildman–Crippen MR) is 123 cm³/mol. The number of likely N-dealkylation sites (N-methyl/N-ethyl adjacent to an activating group) is 1. The molecule has 0 heterocycles. The molecule has 3 aromatic rings. The largest absolute Gasteiger partial charge is 0.481 e. The van der Waals surface area contributed by atoms with Crippen molar-refractivity contribution in [1.82, 2.24) is 0 Å². The molecule has 0 aliphatic heterocycles. The zero-order chi connectivity index (χ0) is 22.6. The van der Waals surface area contributed by atoms with E-state index >= 15 is 0 Å². The van der Waals surface area contributed by atoms with E-state index in [0.717, 1.165) is 11.3 Å². The molecule has 0 bridgehead atoms. The molecule has 3 aromatic carbocycles. The molecule has 162 valence electrons. The van der Waals surface area contributed by atoms with E-state index in [4.69, 9.17) is 4.74 Å². The summed E-state index contributed by atoms with van der Waals surface area (Å²) in [5, 5.41) is 0. The van der Waals surface area contributed by atoms with E-state index in [2.05, 4.69) is 0 Å². The van der Waals surface area contributed by atoms with Crippen LogP contribution < -0.4 is 13.9 Å². The number of para-hydroxylation sites is 1. The average Bonchev–Trinajstić information content (AvgIpc) is 2.79. The fraction of sp³-hybridized carbons (Fsp3) is 0.208. The summed E-state index contributed by atoms with van der Waals surface area (Å²) in [5.41, 5.74) is 2.26. The topological polar surface area (TPSA) is 66.9 Å². The molecule has 0 aliphatic carbocycles. The highest BCUT2D eigenvalue weighted by Gasteiger charge is 2.22. The summed E-state index contributed by atoms with van der Waals surface area (Å²) < 4.78 is 32.7. The lowest BCUT2D eigenvalue weighted by molar-refractivity contribution is -0.124. The van der Waals surface area contributed by atoms with Gasteiger partial charge >= 0.3 is 0 Å². The van der Waals surface area contributed by atoms with E-state index in [0.29, 0.717) is 11.4 Å². The molecule has 0 fully saturated rings. The number of hydrogen-bond acceptors (Lipinski definition) is 4. The summed E-state index contributed by atoms with van der Waals surface area (Å²) in [4.78, 5) is 14.4. The Morgan fingerprint density at radius 3 is 2.00 bits per heavy atom. The maximum atomic E-state index is 12.9. The average molecular weight is 439 g/mol. The minimum Gasteiger partial charge on any atom is -0.481 e. The molecule has 0 radical (unpaired) electrons. The summed E-state index contributed by atoms with van der Waals surface area (Å²) in [7, 11) is -0.462. The molecular weight excluding hydrogens is 412 g/mol. The number of carbonyl (C=O) groups is 1. The van der Waals surface area contributed by atoms with Crippen molar-refractivity contribution >= 4 is 27.3 Å². The SMILES string of the molecule is Cc1ccc(S(=O)(=O)N(C)c2ccc(O[C@H](C)C(=O)N(C)c3ccccc3)cc2)cc1. The lowest BCUT2D eigenvalue weighted by Gasteiger charge is -2.23. The number of aryl methyl sites for hydroxylation is 1. The second-order valence-corrected chi connectivity index (χ2v) is 9.24. The Labute approximate surface area is 183 Å². The molecule has 7 heteroatoms. The number of hydrogen-bond donors (Lipinski definition) is 0. The summed E-state index contributed by atoms with van der Waals surface area (Å²) in [6.45, 7) is 3.59. The first-order valence-corrected chi connectivity index (χ1v) is 11.3. The van der Waals surface area contributed by atoms with Crippen LogP contribution in [0.3, 0.4) is 0 Å². The molecule has 0 aromatic heterocycles. The van der Waals surface area contributed by atoms with Crippen molar-refractivity contribution in [2.24, 2.45) is 0 Å².